The standard InChI is InChI=1S/C17H21N3OS/c1-10-7-11(2)19-17(14(10)8-18)22-9-15(21)20-16(12-3-4-12)13-5-6-13/h7,12-13,16H,3-6,9H2,1-2H3,(H,20,21). The summed E-state index contributed by atoms with van der Waals surface area (Å²) in [6.45, 7) is 3.82. The number of nitrogens with zero attached hydrogens (tertiary/aromatic N) is 2. The normalized spacial score (nSPS) is 17.4. The van der Waals surface area contributed by atoms with Crippen molar-refractivity contribution in [2.24, 2.45) is 11.8 Å². The predicted octanol–water partition coefficient (Wildman–Crippen LogP) is 2.97. The van der Waals surface area contributed by atoms with Crippen molar-refractivity contribution < 1.29 is 4.79 Å². The molecule has 2 saturated carbocycles. The second kappa shape index (κ2) is 6.29. The van der Waals surface area contributed by atoms with Gasteiger partial charge in [-0.3, -0.25) is 4.79 Å². The highest BCUT2D eigenvalue weighted by Gasteiger charge is 2.42. The monoisotopic (exact) mass is 315 g/mol. The third-order valence-electron chi connectivity index (χ3n) is 4.35. The molecule has 1 aromatic rings. The van der Waals surface area contributed by atoms with Crippen LogP contribution in [-0.2, 0) is 4.79 Å². The maximum atomic E-state index is 12.2. The molecule has 0 spiro atoms. The average molecular weight is 315 g/mol. The highest BCUT2D eigenvalue weighted by molar-refractivity contribution is 8.00. The van der Waals surface area contributed by atoms with E-state index in [4.69, 9.17) is 0 Å². The van der Waals surface area contributed by atoms with Crippen molar-refractivity contribution in [3.05, 3.63) is 22.9 Å². The molecule has 2 aliphatic carbocycles. The van der Waals surface area contributed by atoms with Crippen LogP contribution in [0.1, 0.15) is 42.5 Å². The van der Waals surface area contributed by atoms with Crippen LogP contribution < -0.4 is 5.32 Å². The Hall–Kier alpha value is -1.54. The van der Waals surface area contributed by atoms with Crippen molar-refractivity contribution in [2.45, 2.75) is 50.6 Å². The molecule has 1 aromatic heterocycles. The summed E-state index contributed by atoms with van der Waals surface area (Å²) in [6, 6.07) is 4.48. The van der Waals surface area contributed by atoms with Crippen molar-refractivity contribution in [1.29, 1.82) is 5.26 Å². The lowest BCUT2D eigenvalue weighted by molar-refractivity contribution is -0.119. The molecule has 22 heavy (non-hydrogen) atoms. The number of aryl methyl sites for hydroxylation is 2. The zero-order valence-corrected chi connectivity index (χ0v) is 13.9. The SMILES string of the molecule is Cc1cc(C)c(C#N)c(SCC(=O)NC(C2CC2)C2CC2)n1. The number of carbonyl (C=O) groups is 1. The summed E-state index contributed by atoms with van der Waals surface area (Å²) in [5, 5.41) is 13.1. The van der Waals surface area contributed by atoms with Gasteiger partial charge in [0.15, 0.2) is 0 Å². The lowest BCUT2D eigenvalue weighted by atomic mass is 10.1. The molecule has 116 valence electrons. The van der Waals surface area contributed by atoms with Gasteiger partial charge in [0.2, 0.25) is 5.91 Å². The first-order valence-electron chi connectivity index (χ1n) is 7.89. The van der Waals surface area contributed by atoms with E-state index in [1.165, 1.54) is 37.4 Å². The molecule has 2 fully saturated rings. The van der Waals surface area contributed by atoms with Crippen LogP contribution in [0.25, 0.3) is 0 Å². The Morgan fingerprint density at radius 1 is 1.41 bits per heavy atom. The van der Waals surface area contributed by atoms with E-state index in [1.54, 1.807) is 0 Å². The van der Waals surface area contributed by atoms with Crippen LogP contribution in [0.2, 0.25) is 0 Å². The van der Waals surface area contributed by atoms with Crippen LogP contribution in [0, 0.1) is 37.0 Å². The zero-order chi connectivity index (χ0) is 15.7. The topological polar surface area (TPSA) is 65.8 Å². The first-order chi connectivity index (χ1) is 10.6. The Labute approximate surface area is 135 Å². The Bertz CT molecular complexity index is 618. The fourth-order valence-corrected chi connectivity index (χ4v) is 3.85. The molecule has 0 aromatic carbocycles. The number of aromatic nitrogens is 1. The summed E-state index contributed by atoms with van der Waals surface area (Å²) in [6.07, 6.45) is 5.02. The van der Waals surface area contributed by atoms with Gasteiger partial charge in [0, 0.05) is 11.7 Å². The van der Waals surface area contributed by atoms with Crippen molar-refractivity contribution >= 4 is 17.7 Å². The Kier molecular flexibility index (Phi) is 4.39. The molecule has 5 heteroatoms. The number of hydrogen-bond acceptors (Lipinski definition) is 4. The average Bonchev–Trinajstić information content (AvgIpc) is 3.36. The van der Waals surface area contributed by atoms with Gasteiger partial charge < -0.3 is 5.32 Å². The number of nitrogens with one attached hydrogen (secondary N) is 1. The summed E-state index contributed by atoms with van der Waals surface area (Å²) in [4.78, 5) is 16.6. The molecule has 1 amide bonds. The number of rotatable bonds is 6. The molecule has 4 nitrogen and oxygen atoms in total. The Morgan fingerprint density at radius 2 is 2.05 bits per heavy atom. The van der Waals surface area contributed by atoms with Gasteiger partial charge in [-0.05, 0) is 63.0 Å². The van der Waals surface area contributed by atoms with Crippen LogP contribution in [0.15, 0.2) is 11.1 Å². The third kappa shape index (κ3) is 3.61. The molecule has 0 radical (unpaired) electrons. The van der Waals surface area contributed by atoms with Gasteiger partial charge in [-0.15, -0.1) is 0 Å². The highest BCUT2D eigenvalue weighted by Crippen LogP contribution is 2.44. The number of thioether (sulfide) groups is 1. The summed E-state index contributed by atoms with van der Waals surface area (Å²) in [5.41, 5.74) is 2.39. The minimum Gasteiger partial charge on any atom is -0.352 e. The van der Waals surface area contributed by atoms with Crippen LogP contribution in [0.3, 0.4) is 0 Å². The second-order valence-electron chi connectivity index (χ2n) is 6.43. The molecular formula is C17H21N3OS. The molecule has 0 aliphatic heterocycles. The zero-order valence-electron chi connectivity index (χ0n) is 13.1. The van der Waals surface area contributed by atoms with Gasteiger partial charge in [0.1, 0.15) is 11.1 Å². The predicted molar refractivity (Wildman–Crippen MR) is 86.5 cm³/mol. The van der Waals surface area contributed by atoms with Crippen molar-refractivity contribution in [3.63, 3.8) is 0 Å². The maximum absolute atomic E-state index is 12.2. The van der Waals surface area contributed by atoms with Crippen LogP contribution in [0.5, 0.6) is 0 Å². The molecule has 0 atom stereocenters. The first kappa shape index (κ1) is 15.4. The summed E-state index contributed by atoms with van der Waals surface area (Å²) in [7, 11) is 0. The van der Waals surface area contributed by atoms with E-state index in [2.05, 4.69) is 16.4 Å². The molecular weight excluding hydrogens is 294 g/mol. The molecule has 0 unspecified atom stereocenters. The lowest BCUT2D eigenvalue weighted by Gasteiger charge is -2.17. The molecule has 2 aliphatic rings. The number of pyridine rings is 1. The van der Waals surface area contributed by atoms with Gasteiger partial charge in [-0.1, -0.05) is 11.8 Å². The second-order valence-corrected chi connectivity index (χ2v) is 7.39. The van der Waals surface area contributed by atoms with Crippen LogP contribution >= 0.6 is 11.8 Å². The van der Waals surface area contributed by atoms with E-state index in [1.807, 2.05) is 19.9 Å². The van der Waals surface area contributed by atoms with E-state index in [0.29, 0.717) is 34.2 Å². The molecule has 3 rings (SSSR count). The first-order valence-corrected chi connectivity index (χ1v) is 8.87. The fraction of sp³-hybridized carbons (Fsp3) is 0.588. The van der Waals surface area contributed by atoms with Crippen LogP contribution in [0.4, 0.5) is 0 Å². The van der Waals surface area contributed by atoms with E-state index in [0.717, 1.165) is 11.3 Å². The number of hydrogen-bond donors (Lipinski definition) is 1. The van der Waals surface area contributed by atoms with Gasteiger partial charge in [-0.2, -0.15) is 5.26 Å². The largest absolute Gasteiger partial charge is 0.352 e. The van der Waals surface area contributed by atoms with Crippen molar-refractivity contribution in [2.75, 3.05) is 5.75 Å². The minimum atomic E-state index is 0.0682. The molecule has 0 bridgehead atoms. The third-order valence-corrected chi connectivity index (χ3v) is 5.33. The molecule has 1 N–H and O–H groups in total. The quantitative estimate of drug-likeness (QED) is 0.820. The van der Waals surface area contributed by atoms with Crippen molar-refractivity contribution in [1.82, 2.24) is 10.3 Å². The van der Waals surface area contributed by atoms with Gasteiger partial charge >= 0.3 is 0 Å². The van der Waals surface area contributed by atoms with Gasteiger partial charge in [0.25, 0.3) is 0 Å². The molecule has 0 saturated heterocycles. The number of amides is 1. The molecule has 1 heterocycles. The Balaban J connectivity index is 1.60. The Morgan fingerprint density at radius 3 is 2.59 bits per heavy atom. The van der Waals surface area contributed by atoms with Crippen molar-refractivity contribution in [3.8, 4) is 6.07 Å². The lowest BCUT2D eigenvalue weighted by Crippen LogP contribution is -2.39. The van der Waals surface area contributed by atoms with E-state index in [-0.39, 0.29) is 5.91 Å². The van der Waals surface area contributed by atoms with E-state index < -0.39 is 0 Å². The smallest absolute Gasteiger partial charge is 0.230 e. The maximum Gasteiger partial charge on any atom is 0.230 e. The van der Waals surface area contributed by atoms with Crippen LogP contribution in [-0.4, -0.2) is 22.7 Å². The van der Waals surface area contributed by atoms with E-state index in [9.17, 15) is 10.1 Å². The summed E-state index contributed by atoms with van der Waals surface area (Å²) >= 11 is 1.37. The summed E-state index contributed by atoms with van der Waals surface area (Å²) in [5.74, 6) is 1.81. The number of nitriles is 1. The van der Waals surface area contributed by atoms with E-state index >= 15 is 0 Å². The fourth-order valence-electron chi connectivity index (χ4n) is 2.94. The van der Waals surface area contributed by atoms with Gasteiger partial charge in [0.05, 0.1) is 11.3 Å². The highest BCUT2D eigenvalue weighted by atomic mass is 32.2. The van der Waals surface area contributed by atoms with Gasteiger partial charge in [-0.25, -0.2) is 4.98 Å². The minimum absolute atomic E-state index is 0.0682. The summed E-state index contributed by atoms with van der Waals surface area (Å²) < 4.78 is 0. The number of carbonyl (C=O) groups excluding carboxylic acids is 1.